The molecule has 0 bridgehead atoms. The van der Waals surface area contributed by atoms with Gasteiger partial charge in [0.05, 0.1) is 13.2 Å². The zero-order valence-electron chi connectivity index (χ0n) is 16.1. The van der Waals surface area contributed by atoms with E-state index in [1.165, 1.54) is 38.5 Å². The predicted molar refractivity (Wildman–Crippen MR) is 111 cm³/mol. The molecule has 4 unspecified atom stereocenters. The number of hydrogen-bond acceptors (Lipinski definition) is 3. The summed E-state index contributed by atoms with van der Waals surface area (Å²) in [5, 5.41) is 0. The van der Waals surface area contributed by atoms with Crippen LogP contribution >= 0.6 is 17.9 Å². The smallest absolute Gasteiger partial charge is 0.244 e. The highest BCUT2D eigenvalue weighted by Crippen LogP contribution is 2.54. The molecule has 0 saturated carbocycles. The Bertz CT molecular complexity index is 311. The average Bonchev–Trinajstić information content (AvgIpc) is 2.53. The maximum Gasteiger partial charge on any atom is 0.244 e. The summed E-state index contributed by atoms with van der Waals surface area (Å²) in [4.78, 5) is 0. The lowest BCUT2D eigenvalue weighted by Gasteiger charge is -2.22. The molecule has 0 aliphatic carbocycles. The van der Waals surface area contributed by atoms with Gasteiger partial charge in [-0.3, -0.25) is 0 Å². The first-order valence-corrected chi connectivity index (χ1v) is 13.1. The molecule has 0 N–H and O–H groups in total. The van der Waals surface area contributed by atoms with Crippen LogP contribution in [-0.2, 0) is 20.9 Å². The standard InChI is InChI=1S/C18H39O2PS2/c1-7-15(3)9-11-17(5)13-19-21(22,23)20-14-18(6)12-10-16(4)8-2/h15-18H,7-14H2,1-6H3,(H,22,23). The minimum absolute atomic E-state index is 0.518. The molecule has 0 spiro atoms. The SMILES string of the molecule is CCC(C)CCC(C)COP(=S)(S)OCC(C)CCC(C)CC. The quantitative estimate of drug-likeness (QED) is 0.255. The van der Waals surface area contributed by atoms with E-state index in [9.17, 15) is 0 Å². The summed E-state index contributed by atoms with van der Waals surface area (Å²) in [6.45, 7) is 14.9. The first-order valence-electron chi connectivity index (χ1n) is 9.31. The Balaban J connectivity index is 3.93. The predicted octanol–water partition coefficient (Wildman–Crippen LogP) is 7.10. The van der Waals surface area contributed by atoms with Gasteiger partial charge in [-0.25, -0.2) is 0 Å². The molecule has 0 rings (SSSR count). The van der Waals surface area contributed by atoms with Crippen molar-refractivity contribution in [3.8, 4) is 0 Å². The minimum atomic E-state index is -2.38. The lowest BCUT2D eigenvalue weighted by atomic mass is 9.97. The summed E-state index contributed by atoms with van der Waals surface area (Å²) in [5.74, 6) is 2.62. The van der Waals surface area contributed by atoms with Crippen LogP contribution in [-0.4, -0.2) is 13.2 Å². The molecule has 0 aromatic rings. The monoisotopic (exact) mass is 382 g/mol. The van der Waals surface area contributed by atoms with Crippen LogP contribution < -0.4 is 0 Å². The zero-order valence-corrected chi connectivity index (χ0v) is 18.7. The van der Waals surface area contributed by atoms with Crippen LogP contribution in [0.15, 0.2) is 0 Å². The third kappa shape index (κ3) is 13.8. The Hall–Kier alpha value is 0.920. The van der Waals surface area contributed by atoms with Gasteiger partial charge < -0.3 is 9.05 Å². The van der Waals surface area contributed by atoms with Gasteiger partial charge in [0.2, 0.25) is 5.69 Å². The maximum absolute atomic E-state index is 5.82. The van der Waals surface area contributed by atoms with E-state index in [2.05, 4.69) is 53.8 Å². The van der Waals surface area contributed by atoms with Crippen molar-refractivity contribution in [3.63, 3.8) is 0 Å². The second kappa shape index (κ2) is 13.2. The fourth-order valence-electron chi connectivity index (χ4n) is 2.19. The van der Waals surface area contributed by atoms with Crippen molar-refractivity contribution in [2.75, 3.05) is 13.2 Å². The molecular formula is C18H39O2PS2. The van der Waals surface area contributed by atoms with Gasteiger partial charge >= 0.3 is 0 Å². The second-order valence-corrected chi connectivity index (χ2v) is 12.7. The van der Waals surface area contributed by atoms with Gasteiger partial charge in [0.1, 0.15) is 0 Å². The van der Waals surface area contributed by atoms with Gasteiger partial charge in [-0.1, -0.05) is 79.5 Å². The van der Waals surface area contributed by atoms with Crippen molar-refractivity contribution in [1.29, 1.82) is 0 Å². The van der Waals surface area contributed by atoms with Crippen LogP contribution in [0.3, 0.4) is 0 Å². The molecule has 4 atom stereocenters. The zero-order chi connectivity index (χ0) is 17.9. The molecular weight excluding hydrogens is 343 g/mol. The lowest BCUT2D eigenvalue weighted by Crippen LogP contribution is -2.09. The van der Waals surface area contributed by atoms with Gasteiger partial charge in [-0.15, -0.1) is 0 Å². The highest BCUT2D eigenvalue weighted by atomic mass is 32.9. The molecule has 140 valence electrons. The Morgan fingerprint density at radius 3 is 1.35 bits per heavy atom. The Morgan fingerprint density at radius 1 is 0.739 bits per heavy atom. The number of rotatable bonds is 14. The van der Waals surface area contributed by atoms with E-state index < -0.39 is 5.69 Å². The van der Waals surface area contributed by atoms with E-state index in [1.807, 2.05) is 0 Å². The van der Waals surface area contributed by atoms with Crippen molar-refractivity contribution in [1.82, 2.24) is 0 Å². The summed E-state index contributed by atoms with van der Waals surface area (Å²) >= 11 is 9.90. The topological polar surface area (TPSA) is 18.5 Å². The molecule has 0 amide bonds. The summed E-state index contributed by atoms with van der Waals surface area (Å²) in [5.41, 5.74) is -2.38. The van der Waals surface area contributed by atoms with E-state index in [4.69, 9.17) is 20.9 Å². The molecule has 23 heavy (non-hydrogen) atoms. The average molecular weight is 383 g/mol. The van der Waals surface area contributed by atoms with Crippen LogP contribution in [0.1, 0.15) is 80.1 Å². The number of hydrogen-bond donors (Lipinski definition) is 1. The van der Waals surface area contributed by atoms with E-state index in [0.717, 1.165) is 11.8 Å². The van der Waals surface area contributed by atoms with Gasteiger partial charge in [0, 0.05) is 0 Å². The van der Waals surface area contributed by atoms with Gasteiger partial charge in [0.15, 0.2) is 0 Å². The Morgan fingerprint density at radius 2 is 1.04 bits per heavy atom. The van der Waals surface area contributed by atoms with E-state index in [1.54, 1.807) is 0 Å². The second-order valence-electron chi connectivity index (χ2n) is 7.45. The summed E-state index contributed by atoms with van der Waals surface area (Å²) < 4.78 is 11.6. The van der Waals surface area contributed by atoms with Crippen molar-refractivity contribution < 1.29 is 9.05 Å². The largest absolute Gasteiger partial charge is 0.322 e. The molecule has 0 aliphatic rings. The molecule has 0 radical (unpaired) electrons. The van der Waals surface area contributed by atoms with Crippen molar-refractivity contribution in [2.45, 2.75) is 80.1 Å². The normalized spacial score (nSPS) is 19.8. The molecule has 0 heterocycles. The first-order chi connectivity index (χ1) is 10.7. The maximum atomic E-state index is 5.82. The highest BCUT2D eigenvalue weighted by Gasteiger charge is 2.17. The van der Waals surface area contributed by atoms with Crippen LogP contribution in [0.25, 0.3) is 0 Å². The van der Waals surface area contributed by atoms with Crippen LogP contribution in [0.2, 0.25) is 0 Å². The third-order valence-electron chi connectivity index (χ3n) is 4.74. The molecule has 0 aromatic heterocycles. The third-order valence-corrected chi connectivity index (χ3v) is 7.02. The van der Waals surface area contributed by atoms with Gasteiger partial charge in [-0.05, 0) is 48.3 Å². The van der Waals surface area contributed by atoms with Crippen molar-refractivity contribution in [2.24, 2.45) is 23.7 Å². The highest BCUT2D eigenvalue weighted by molar-refractivity contribution is 8.60. The fourth-order valence-corrected chi connectivity index (χ4v) is 3.92. The summed E-state index contributed by atoms with van der Waals surface area (Å²) in [6, 6.07) is 0. The molecule has 0 aromatic carbocycles. The van der Waals surface area contributed by atoms with Crippen LogP contribution in [0.5, 0.6) is 0 Å². The molecule has 0 saturated heterocycles. The minimum Gasteiger partial charge on any atom is -0.322 e. The Kier molecular flexibility index (Phi) is 13.7. The fraction of sp³-hybridized carbons (Fsp3) is 1.00. The van der Waals surface area contributed by atoms with E-state index in [0.29, 0.717) is 25.0 Å². The lowest BCUT2D eigenvalue weighted by molar-refractivity contribution is 0.198. The molecule has 0 fully saturated rings. The van der Waals surface area contributed by atoms with Crippen LogP contribution in [0, 0.1) is 23.7 Å². The Labute approximate surface area is 155 Å². The van der Waals surface area contributed by atoms with Gasteiger partial charge in [-0.2, -0.15) is 0 Å². The van der Waals surface area contributed by atoms with E-state index in [-0.39, 0.29) is 0 Å². The van der Waals surface area contributed by atoms with Crippen molar-refractivity contribution >= 4 is 29.7 Å². The van der Waals surface area contributed by atoms with E-state index >= 15 is 0 Å². The molecule has 2 nitrogen and oxygen atoms in total. The number of thiol groups is 1. The summed E-state index contributed by atoms with van der Waals surface area (Å²) in [7, 11) is 0. The van der Waals surface area contributed by atoms with Gasteiger partial charge in [0.25, 0.3) is 0 Å². The van der Waals surface area contributed by atoms with Crippen molar-refractivity contribution in [3.05, 3.63) is 0 Å². The summed E-state index contributed by atoms with van der Waals surface area (Å²) in [6.07, 6.45) is 7.37. The molecule has 0 aliphatic heterocycles. The van der Waals surface area contributed by atoms with Crippen LogP contribution in [0.4, 0.5) is 0 Å². The first kappa shape index (κ1) is 23.9. The molecule has 5 heteroatoms.